The molecule has 0 amide bonds. The van der Waals surface area contributed by atoms with Gasteiger partial charge < -0.3 is 4.74 Å². The highest BCUT2D eigenvalue weighted by Gasteiger charge is 2.03. The molecule has 0 radical (unpaired) electrons. The SMILES string of the molecule is CCOc1ccc(Cl)cc1C=Nc1ccc(Br)cc1C. The monoisotopic (exact) mass is 351 g/mol. The second-order valence-electron chi connectivity index (χ2n) is 4.30. The van der Waals surface area contributed by atoms with Crippen LogP contribution < -0.4 is 4.74 Å². The Balaban J connectivity index is 2.32. The minimum absolute atomic E-state index is 0.611. The summed E-state index contributed by atoms with van der Waals surface area (Å²) in [6.45, 7) is 4.59. The van der Waals surface area contributed by atoms with E-state index in [0.29, 0.717) is 11.6 Å². The summed E-state index contributed by atoms with van der Waals surface area (Å²) in [5.41, 5.74) is 2.91. The zero-order valence-corrected chi connectivity index (χ0v) is 13.7. The maximum Gasteiger partial charge on any atom is 0.128 e. The van der Waals surface area contributed by atoms with Gasteiger partial charge in [0.15, 0.2) is 0 Å². The zero-order valence-electron chi connectivity index (χ0n) is 11.4. The van der Waals surface area contributed by atoms with Gasteiger partial charge in [-0.3, -0.25) is 4.99 Å². The molecular weight excluding hydrogens is 338 g/mol. The van der Waals surface area contributed by atoms with Gasteiger partial charge in [-0.1, -0.05) is 27.5 Å². The fourth-order valence-corrected chi connectivity index (χ4v) is 2.47. The van der Waals surface area contributed by atoms with Gasteiger partial charge in [-0.05, 0) is 55.8 Å². The van der Waals surface area contributed by atoms with Crippen LogP contribution in [0.3, 0.4) is 0 Å². The molecule has 104 valence electrons. The molecule has 20 heavy (non-hydrogen) atoms. The number of hydrogen-bond donors (Lipinski definition) is 0. The van der Waals surface area contributed by atoms with Crippen LogP contribution in [0.1, 0.15) is 18.1 Å². The second kappa shape index (κ2) is 6.91. The molecule has 2 rings (SSSR count). The lowest BCUT2D eigenvalue weighted by molar-refractivity contribution is 0.340. The maximum atomic E-state index is 6.03. The molecule has 0 saturated carbocycles. The van der Waals surface area contributed by atoms with E-state index < -0.39 is 0 Å². The molecule has 0 aliphatic carbocycles. The van der Waals surface area contributed by atoms with Crippen molar-refractivity contribution in [1.82, 2.24) is 0 Å². The molecule has 0 atom stereocenters. The first kappa shape index (κ1) is 15.1. The van der Waals surface area contributed by atoms with Crippen LogP contribution in [0.2, 0.25) is 5.02 Å². The fraction of sp³-hybridized carbons (Fsp3) is 0.188. The molecular formula is C16H15BrClNO. The maximum absolute atomic E-state index is 6.03. The summed E-state index contributed by atoms with van der Waals surface area (Å²) in [5.74, 6) is 0.787. The Hall–Kier alpha value is -1.32. The topological polar surface area (TPSA) is 21.6 Å². The Labute approximate surface area is 132 Å². The molecule has 2 nitrogen and oxygen atoms in total. The van der Waals surface area contributed by atoms with E-state index >= 15 is 0 Å². The molecule has 4 heteroatoms. The molecule has 0 bridgehead atoms. The van der Waals surface area contributed by atoms with Crippen molar-refractivity contribution in [2.24, 2.45) is 4.99 Å². The van der Waals surface area contributed by atoms with Crippen LogP contribution in [0, 0.1) is 6.92 Å². The molecule has 0 spiro atoms. The zero-order chi connectivity index (χ0) is 14.5. The molecule has 0 aliphatic heterocycles. The van der Waals surface area contributed by atoms with Gasteiger partial charge in [0.2, 0.25) is 0 Å². The average Bonchev–Trinajstić information content (AvgIpc) is 2.41. The third-order valence-corrected chi connectivity index (χ3v) is 3.50. The van der Waals surface area contributed by atoms with Crippen LogP contribution >= 0.6 is 27.5 Å². The Kier molecular flexibility index (Phi) is 5.21. The van der Waals surface area contributed by atoms with Crippen LogP contribution in [-0.4, -0.2) is 12.8 Å². The van der Waals surface area contributed by atoms with E-state index in [2.05, 4.69) is 20.9 Å². The number of benzene rings is 2. The number of hydrogen-bond acceptors (Lipinski definition) is 2. The van der Waals surface area contributed by atoms with E-state index in [1.165, 1.54) is 0 Å². The highest BCUT2D eigenvalue weighted by Crippen LogP contribution is 2.25. The van der Waals surface area contributed by atoms with Crippen molar-refractivity contribution in [3.63, 3.8) is 0 Å². The molecule has 0 unspecified atom stereocenters. The fourth-order valence-electron chi connectivity index (χ4n) is 1.81. The highest BCUT2D eigenvalue weighted by molar-refractivity contribution is 9.10. The van der Waals surface area contributed by atoms with Crippen LogP contribution in [0.4, 0.5) is 5.69 Å². The first-order chi connectivity index (χ1) is 9.60. The van der Waals surface area contributed by atoms with Gasteiger partial charge in [-0.25, -0.2) is 0 Å². The molecule has 0 heterocycles. The summed E-state index contributed by atoms with van der Waals surface area (Å²) >= 11 is 9.47. The van der Waals surface area contributed by atoms with E-state index in [9.17, 15) is 0 Å². The quantitative estimate of drug-likeness (QED) is 0.660. The standard InChI is InChI=1S/C16H15BrClNO/c1-3-20-16-7-5-14(18)9-12(16)10-19-15-6-4-13(17)8-11(15)2/h4-10H,3H2,1-2H3. The Morgan fingerprint density at radius 1 is 1.25 bits per heavy atom. The number of ether oxygens (including phenoxy) is 1. The lowest BCUT2D eigenvalue weighted by atomic mass is 10.2. The summed E-state index contributed by atoms with van der Waals surface area (Å²) in [5, 5.41) is 0.669. The average molecular weight is 353 g/mol. The van der Waals surface area contributed by atoms with E-state index in [4.69, 9.17) is 16.3 Å². The van der Waals surface area contributed by atoms with Crippen molar-refractivity contribution in [3.8, 4) is 5.75 Å². The van der Waals surface area contributed by atoms with E-state index in [1.807, 2.05) is 50.2 Å². The number of aryl methyl sites for hydroxylation is 1. The summed E-state index contributed by atoms with van der Waals surface area (Å²) in [4.78, 5) is 4.52. The minimum Gasteiger partial charge on any atom is -0.493 e. The Morgan fingerprint density at radius 2 is 2.05 bits per heavy atom. The first-order valence-corrected chi connectivity index (χ1v) is 7.50. The van der Waals surface area contributed by atoms with Gasteiger partial charge in [-0.2, -0.15) is 0 Å². The van der Waals surface area contributed by atoms with E-state index in [-0.39, 0.29) is 0 Å². The van der Waals surface area contributed by atoms with Crippen molar-refractivity contribution >= 4 is 39.4 Å². The van der Waals surface area contributed by atoms with Crippen molar-refractivity contribution < 1.29 is 4.74 Å². The Morgan fingerprint density at radius 3 is 2.75 bits per heavy atom. The van der Waals surface area contributed by atoms with E-state index in [1.54, 1.807) is 6.21 Å². The molecule has 0 aromatic heterocycles. The summed E-state index contributed by atoms with van der Waals surface area (Å²) in [6.07, 6.45) is 1.78. The van der Waals surface area contributed by atoms with Gasteiger partial charge in [0.25, 0.3) is 0 Å². The predicted molar refractivity (Wildman–Crippen MR) is 88.8 cm³/mol. The number of nitrogens with zero attached hydrogens (tertiary/aromatic N) is 1. The molecule has 0 N–H and O–H groups in total. The van der Waals surface area contributed by atoms with Crippen LogP contribution in [0.15, 0.2) is 45.9 Å². The minimum atomic E-state index is 0.611. The normalized spacial score (nSPS) is 11.0. The van der Waals surface area contributed by atoms with Crippen molar-refractivity contribution in [1.29, 1.82) is 0 Å². The van der Waals surface area contributed by atoms with E-state index in [0.717, 1.165) is 27.0 Å². The van der Waals surface area contributed by atoms with Gasteiger partial charge in [0, 0.05) is 21.3 Å². The van der Waals surface area contributed by atoms with Gasteiger partial charge in [0.05, 0.1) is 12.3 Å². The predicted octanol–water partition coefficient (Wildman–Crippen LogP) is 5.56. The highest BCUT2D eigenvalue weighted by atomic mass is 79.9. The van der Waals surface area contributed by atoms with Crippen molar-refractivity contribution in [3.05, 3.63) is 57.0 Å². The summed E-state index contributed by atoms with van der Waals surface area (Å²) < 4.78 is 6.62. The van der Waals surface area contributed by atoms with Gasteiger partial charge in [0.1, 0.15) is 5.75 Å². The van der Waals surface area contributed by atoms with Crippen LogP contribution in [-0.2, 0) is 0 Å². The smallest absolute Gasteiger partial charge is 0.128 e. The van der Waals surface area contributed by atoms with Crippen molar-refractivity contribution in [2.45, 2.75) is 13.8 Å². The third kappa shape index (κ3) is 3.84. The third-order valence-electron chi connectivity index (χ3n) is 2.77. The lowest BCUT2D eigenvalue weighted by Gasteiger charge is -2.07. The van der Waals surface area contributed by atoms with Crippen molar-refractivity contribution in [2.75, 3.05) is 6.61 Å². The molecule has 0 fully saturated rings. The number of halogens is 2. The van der Waals surface area contributed by atoms with Crippen LogP contribution in [0.25, 0.3) is 0 Å². The van der Waals surface area contributed by atoms with Crippen LogP contribution in [0.5, 0.6) is 5.75 Å². The summed E-state index contributed by atoms with van der Waals surface area (Å²) in [7, 11) is 0. The molecule has 0 aliphatic rings. The Bertz CT molecular complexity index is 640. The number of aliphatic imine (C=N–C) groups is 1. The van der Waals surface area contributed by atoms with Gasteiger partial charge >= 0.3 is 0 Å². The largest absolute Gasteiger partial charge is 0.493 e. The molecule has 2 aromatic rings. The lowest BCUT2D eigenvalue weighted by Crippen LogP contribution is -1.95. The number of rotatable bonds is 4. The first-order valence-electron chi connectivity index (χ1n) is 6.32. The molecule has 0 saturated heterocycles. The molecule has 2 aromatic carbocycles. The second-order valence-corrected chi connectivity index (χ2v) is 5.66. The summed E-state index contributed by atoms with van der Waals surface area (Å²) in [6, 6.07) is 11.5. The van der Waals surface area contributed by atoms with Gasteiger partial charge in [-0.15, -0.1) is 0 Å².